The van der Waals surface area contributed by atoms with Crippen molar-refractivity contribution < 1.29 is 14.7 Å². The van der Waals surface area contributed by atoms with E-state index in [1.165, 1.54) is 0 Å². The van der Waals surface area contributed by atoms with Crippen molar-refractivity contribution in [2.45, 2.75) is 13.3 Å². The van der Waals surface area contributed by atoms with Gasteiger partial charge in [0.25, 0.3) is 0 Å². The summed E-state index contributed by atoms with van der Waals surface area (Å²) in [7, 11) is 0. The molecule has 0 unspecified atom stereocenters. The van der Waals surface area contributed by atoms with Gasteiger partial charge in [-0.05, 0) is 18.1 Å². The standard InChI is InChI=1S/C9H9NO3/c1-4-2-5-3-6(9(12)13)10-7(5)8(4)11/h3-4,10H,2H2,1H3,(H,12,13)/t4-/m1/s1. The zero-order valence-electron chi connectivity index (χ0n) is 7.13. The van der Waals surface area contributed by atoms with Crippen LogP contribution in [0.3, 0.4) is 0 Å². The molecule has 2 N–H and O–H groups in total. The molecular formula is C9H9NO3. The Labute approximate surface area is 74.6 Å². The molecule has 1 aromatic rings. The molecule has 2 rings (SSSR count). The highest BCUT2D eigenvalue weighted by Crippen LogP contribution is 2.26. The minimum atomic E-state index is -1.02. The second-order valence-electron chi connectivity index (χ2n) is 3.36. The number of H-pyrrole nitrogens is 1. The van der Waals surface area contributed by atoms with Gasteiger partial charge >= 0.3 is 5.97 Å². The number of aromatic nitrogens is 1. The molecule has 1 aliphatic rings. The average molecular weight is 179 g/mol. The van der Waals surface area contributed by atoms with Crippen LogP contribution in [0.15, 0.2) is 6.07 Å². The Morgan fingerprint density at radius 3 is 2.92 bits per heavy atom. The number of aromatic amines is 1. The Balaban J connectivity index is 2.46. The molecule has 0 aromatic carbocycles. The summed E-state index contributed by atoms with van der Waals surface area (Å²) in [5.74, 6) is -1.01. The van der Waals surface area contributed by atoms with Crippen molar-refractivity contribution in [1.82, 2.24) is 4.98 Å². The van der Waals surface area contributed by atoms with E-state index in [4.69, 9.17) is 5.11 Å². The molecular weight excluding hydrogens is 170 g/mol. The number of carboxylic acids is 1. The number of fused-ring (bicyclic) bond motifs is 1. The topological polar surface area (TPSA) is 70.2 Å². The molecule has 1 atom stereocenters. The largest absolute Gasteiger partial charge is 0.477 e. The van der Waals surface area contributed by atoms with Crippen molar-refractivity contribution in [1.29, 1.82) is 0 Å². The molecule has 1 heterocycles. The van der Waals surface area contributed by atoms with Crippen LogP contribution in [0.25, 0.3) is 0 Å². The van der Waals surface area contributed by atoms with Gasteiger partial charge in [0, 0.05) is 5.92 Å². The van der Waals surface area contributed by atoms with Gasteiger partial charge in [0.1, 0.15) is 5.69 Å². The summed E-state index contributed by atoms with van der Waals surface area (Å²) in [6.07, 6.45) is 0.651. The van der Waals surface area contributed by atoms with Crippen LogP contribution in [-0.2, 0) is 6.42 Å². The second kappa shape index (κ2) is 2.45. The zero-order valence-corrected chi connectivity index (χ0v) is 7.13. The number of carbonyl (C=O) groups excluding carboxylic acids is 1. The molecule has 1 aromatic heterocycles. The SMILES string of the molecule is C[C@@H]1Cc2cc(C(=O)O)[nH]c2C1=O. The van der Waals surface area contributed by atoms with Crippen molar-refractivity contribution in [2.24, 2.45) is 5.92 Å². The van der Waals surface area contributed by atoms with Gasteiger partial charge in [0.2, 0.25) is 0 Å². The Bertz CT molecular complexity index is 392. The van der Waals surface area contributed by atoms with Crippen molar-refractivity contribution in [3.05, 3.63) is 23.0 Å². The number of Topliss-reactive ketones (excluding diaryl/α,β-unsaturated/α-hetero) is 1. The van der Waals surface area contributed by atoms with Crippen LogP contribution in [0.2, 0.25) is 0 Å². The van der Waals surface area contributed by atoms with Gasteiger partial charge in [-0.2, -0.15) is 0 Å². The maximum absolute atomic E-state index is 11.4. The monoisotopic (exact) mass is 179 g/mol. The number of hydrogen-bond donors (Lipinski definition) is 2. The molecule has 0 amide bonds. The highest BCUT2D eigenvalue weighted by atomic mass is 16.4. The first-order chi connectivity index (χ1) is 6.09. The lowest BCUT2D eigenvalue weighted by Crippen LogP contribution is -2.06. The zero-order chi connectivity index (χ0) is 9.59. The first-order valence-corrected chi connectivity index (χ1v) is 4.09. The van der Waals surface area contributed by atoms with E-state index in [9.17, 15) is 9.59 Å². The van der Waals surface area contributed by atoms with Gasteiger partial charge in [0.15, 0.2) is 5.78 Å². The Kier molecular flexibility index (Phi) is 1.52. The molecule has 0 spiro atoms. The van der Waals surface area contributed by atoms with Gasteiger partial charge in [-0.3, -0.25) is 4.79 Å². The number of ketones is 1. The predicted molar refractivity (Wildman–Crippen MR) is 45.0 cm³/mol. The third-order valence-electron chi connectivity index (χ3n) is 2.35. The predicted octanol–water partition coefficient (Wildman–Crippen LogP) is 1.09. The van der Waals surface area contributed by atoms with Crippen molar-refractivity contribution in [3.8, 4) is 0 Å². The molecule has 0 bridgehead atoms. The maximum Gasteiger partial charge on any atom is 0.352 e. The van der Waals surface area contributed by atoms with Crippen molar-refractivity contribution >= 4 is 11.8 Å². The normalized spacial score (nSPS) is 20.4. The fourth-order valence-electron chi connectivity index (χ4n) is 1.66. The van der Waals surface area contributed by atoms with Gasteiger partial charge in [-0.15, -0.1) is 0 Å². The maximum atomic E-state index is 11.4. The summed E-state index contributed by atoms with van der Waals surface area (Å²) in [4.78, 5) is 24.6. The van der Waals surface area contributed by atoms with E-state index in [0.717, 1.165) is 5.56 Å². The fraction of sp³-hybridized carbons (Fsp3) is 0.333. The van der Waals surface area contributed by atoms with Crippen LogP contribution in [0.4, 0.5) is 0 Å². The fourth-order valence-corrected chi connectivity index (χ4v) is 1.66. The van der Waals surface area contributed by atoms with Gasteiger partial charge in [0.05, 0.1) is 5.69 Å². The summed E-state index contributed by atoms with van der Waals surface area (Å²) >= 11 is 0. The van der Waals surface area contributed by atoms with E-state index in [0.29, 0.717) is 12.1 Å². The third-order valence-corrected chi connectivity index (χ3v) is 2.35. The molecule has 0 saturated heterocycles. The van der Waals surface area contributed by atoms with Gasteiger partial charge in [-0.1, -0.05) is 6.92 Å². The van der Waals surface area contributed by atoms with Crippen molar-refractivity contribution in [3.63, 3.8) is 0 Å². The third kappa shape index (κ3) is 1.06. The molecule has 1 aliphatic carbocycles. The van der Waals surface area contributed by atoms with Crippen molar-refractivity contribution in [2.75, 3.05) is 0 Å². The number of carboxylic acid groups (broad SMARTS) is 1. The Morgan fingerprint density at radius 2 is 2.38 bits per heavy atom. The molecule has 0 saturated carbocycles. The lowest BCUT2D eigenvalue weighted by Gasteiger charge is -1.96. The highest BCUT2D eigenvalue weighted by molar-refractivity contribution is 6.02. The number of nitrogens with one attached hydrogen (secondary N) is 1. The van der Waals surface area contributed by atoms with E-state index < -0.39 is 5.97 Å². The summed E-state index contributed by atoms with van der Waals surface area (Å²) < 4.78 is 0. The molecule has 0 radical (unpaired) electrons. The quantitative estimate of drug-likeness (QED) is 0.677. The Hall–Kier alpha value is -1.58. The molecule has 13 heavy (non-hydrogen) atoms. The van der Waals surface area contributed by atoms with Crippen LogP contribution in [0, 0.1) is 5.92 Å². The molecule has 4 heteroatoms. The van der Waals surface area contributed by atoms with Gasteiger partial charge in [-0.25, -0.2) is 4.79 Å². The molecule has 0 fully saturated rings. The smallest absolute Gasteiger partial charge is 0.352 e. The Morgan fingerprint density at radius 1 is 1.69 bits per heavy atom. The summed E-state index contributed by atoms with van der Waals surface area (Å²) in [6.45, 7) is 1.84. The van der Waals surface area contributed by atoms with Gasteiger partial charge < -0.3 is 10.1 Å². The van der Waals surface area contributed by atoms with E-state index in [2.05, 4.69) is 4.98 Å². The first-order valence-electron chi connectivity index (χ1n) is 4.09. The average Bonchev–Trinajstić information content (AvgIpc) is 2.55. The van der Waals surface area contributed by atoms with Crippen LogP contribution >= 0.6 is 0 Å². The number of hydrogen-bond acceptors (Lipinski definition) is 2. The van der Waals surface area contributed by atoms with Crippen LogP contribution in [0.1, 0.15) is 33.5 Å². The minimum absolute atomic E-state index is 0.0101. The number of rotatable bonds is 1. The lowest BCUT2D eigenvalue weighted by molar-refractivity contribution is 0.0691. The molecule has 4 nitrogen and oxygen atoms in total. The summed E-state index contributed by atoms with van der Waals surface area (Å²) in [5.41, 5.74) is 1.41. The highest BCUT2D eigenvalue weighted by Gasteiger charge is 2.30. The van der Waals surface area contributed by atoms with Crippen LogP contribution in [-0.4, -0.2) is 21.8 Å². The van der Waals surface area contributed by atoms with E-state index in [-0.39, 0.29) is 17.4 Å². The number of aromatic carboxylic acids is 1. The van der Waals surface area contributed by atoms with E-state index >= 15 is 0 Å². The molecule has 68 valence electrons. The first kappa shape index (κ1) is 8.04. The summed E-state index contributed by atoms with van der Waals surface area (Å²) in [5, 5.41) is 8.65. The minimum Gasteiger partial charge on any atom is -0.477 e. The van der Waals surface area contributed by atoms with Crippen LogP contribution in [0.5, 0.6) is 0 Å². The molecule has 0 aliphatic heterocycles. The number of carbonyl (C=O) groups is 2. The van der Waals surface area contributed by atoms with E-state index in [1.807, 2.05) is 6.92 Å². The second-order valence-corrected chi connectivity index (χ2v) is 3.36. The van der Waals surface area contributed by atoms with E-state index in [1.54, 1.807) is 6.07 Å². The summed E-state index contributed by atoms with van der Waals surface area (Å²) in [6, 6.07) is 1.54. The van der Waals surface area contributed by atoms with Crippen LogP contribution < -0.4 is 0 Å². The lowest BCUT2D eigenvalue weighted by atomic mass is 10.1.